The maximum absolute atomic E-state index is 12.9. The van der Waals surface area contributed by atoms with Gasteiger partial charge in [0, 0.05) is 11.9 Å². The van der Waals surface area contributed by atoms with Gasteiger partial charge in [-0.2, -0.15) is 0 Å². The van der Waals surface area contributed by atoms with Crippen molar-refractivity contribution < 1.29 is 9.53 Å². The van der Waals surface area contributed by atoms with Gasteiger partial charge < -0.3 is 15.0 Å². The molecule has 0 atom stereocenters. The maximum atomic E-state index is 12.9. The number of halogens is 2. The van der Waals surface area contributed by atoms with E-state index in [0.717, 1.165) is 11.4 Å². The first-order valence-corrected chi connectivity index (χ1v) is 9.83. The van der Waals surface area contributed by atoms with Gasteiger partial charge >= 0.3 is 0 Å². The monoisotopic (exact) mass is 444 g/mol. The number of fused-ring (bicyclic) bond motifs is 1. The van der Waals surface area contributed by atoms with E-state index >= 15 is 0 Å². The van der Waals surface area contributed by atoms with Gasteiger partial charge in [-0.3, -0.25) is 9.78 Å². The average Bonchev–Trinajstić information content (AvgIpc) is 2.73. The van der Waals surface area contributed by atoms with Crippen molar-refractivity contribution in [3.05, 3.63) is 71.1 Å². The summed E-state index contributed by atoms with van der Waals surface area (Å²) < 4.78 is 5.87. The standard InChI is InChI=1S/C22H21ClN4O2.ClH/c1-14(2)18-9-8-15(13-25-18)26-22(28)16-5-3-7-19-20(16)29-12-11-27(19)21-17(23)6-4-10-24-21;/h3-10,13-14H,11-12H2,1-2H3,(H,26,28);1H. The number of carbonyl (C=O) groups is 1. The molecule has 3 aromatic rings. The first-order valence-electron chi connectivity index (χ1n) is 9.46. The lowest BCUT2D eigenvalue weighted by Gasteiger charge is -2.31. The zero-order chi connectivity index (χ0) is 20.4. The fourth-order valence-electron chi connectivity index (χ4n) is 3.24. The molecule has 0 saturated heterocycles. The van der Waals surface area contributed by atoms with E-state index in [0.29, 0.717) is 46.9 Å². The summed E-state index contributed by atoms with van der Waals surface area (Å²) in [7, 11) is 0. The summed E-state index contributed by atoms with van der Waals surface area (Å²) >= 11 is 6.34. The van der Waals surface area contributed by atoms with Crippen LogP contribution in [0.2, 0.25) is 5.02 Å². The van der Waals surface area contributed by atoms with Crippen LogP contribution in [-0.2, 0) is 0 Å². The lowest BCUT2D eigenvalue weighted by atomic mass is 10.1. The molecule has 156 valence electrons. The summed E-state index contributed by atoms with van der Waals surface area (Å²) in [6, 6.07) is 12.8. The average molecular weight is 445 g/mol. The zero-order valence-electron chi connectivity index (χ0n) is 16.6. The first-order chi connectivity index (χ1) is 14.0. The zero-order valence-corrected chi connectivity index (χ0v) is 18.2. The number of pyridine rings is 2. The van der Waals surface area contributed by atoms with Crippen LogP contribution >= 0.6 is 24.0 Å². The second-order valence-electron chi connectivity index (χ2n) is 7.04. The number of hydrogen-bond donors (Lipinski definition) is 1. The number of hydrogen-bond acceptors (Lipinski definition) is 5. The van der Waals surface area contributed by atoms with E-state index in [4.69, 9.17) is 16.3 Å². The van der Waals surface area contributed by atoms with E-state index < -0.39 is 0 Å². The van der Waals surface area contributed by atoms with Crippen LogP contribution < -0.4 is 15.0 Å². The number of benzene rings is 1. The van der Waals surface area contributed by atoms with E-state index in [1.165, 1.54) is 0 Å². The Kier molecular flexibility index (Phi) is 6.80. The fraction of sp³-hybridized carbons (Fsp3) is 0.227. The van der Waals surface area contributed by atoms with Crippen molar-refractivity contribution in [1.82, 2.24) is 9.97 Å². The number of nitrogens with one attached hydrogen (secondary N) is 1. The molecule has 0 radical (unpaired) electrons. The Hall–Kier alpha value is -2.83. The normalized spacial score (nSPS) is 12.6. The number of carbonyl (C=O) groups excluding carboxylic acids is 1. The molecule has 1 aliphatic heterocycles. The van der Waals surface area contributed by atoms with Gasteiger partial charge in [-0.05, 0) is 42.3 Å². The van der Waals surface area contributed by atoms with Crippen LogP contribution in [0.25, 0.3) is 0 Å². The van der Waals surface area contributed by atoms with Crippen molar-refractivity contribution in [3.8, 4) is 5.75 Å². The first kappa shape index (κ1) is 21.9. The molecule has 0 fully saturated rings. The number of nitrogens with zero attached hydrogens (tertiary/aromatic N) is 3. The van der Waals surface area contributed by atoms with Gasteiger partial charge in [0.15, 0.2) is 11.6 Å². The minimum atomic E-state index is -0.255. The minimum Gasteiger partial charge on any atom is -0.489 e. The van der Waals surface area contributed by atoms with E-state index in [1.54, 1.807) is 30.6 Å². The molecule has 3 heterocycles. The minimum absolute atomic E-state index is 0. The molecular formula is C22H22Cl2N4O2. The molecule has 1 N–H and O–H groups in total. The number of amides is 1. The lowest BCUT2D eigenvalue weighted by molar-refractivity contribution is 0.102. The van der Waals surface area contributed by atoms with Crippen molar-refractivity contribution in [3.63, 3.8) is 0 Å². The largest absolute Gasteiger partial charge is 0.489 e. The van der Waals surface area contributed by atoms with Gasteiger partial charge in [-0.25, -0.2) is 4.98 Å². The molecule has 4 rings (SSSR count). The Morgan fingerprint density at radius 1 is 1.17 bits per heavy atom. The van der Waals surface area contributed by atoms with Crippen LogP contribution in [-0.4, -0.2) is 29.0 Å². The predicted molar refractivity (Wildman–Crippen MR) is 122 cm³/mol. The van der Waals surface area contributed by atoms with Crippen molar-refractivity contribution in [1.29, 1.82) is 0 Å². The summed E-state index contributed by atoms with van der Waals surface area (Å²) in [6.07, 6.45) is 3.37. The molecular weight excluding hydrogens is 423 g/mol. The molecule has 8 heteroatoms. The topological polar surface area (TPSA) is 67.3 Å². The van der Waals surface area contributed by atoms with Gasteiger partial charge in [0.25, 0.3) is 5.91 Å². The van der Waals surface area contributed by atoms with Crippen LogP contribution in [0.4, 0.5) is 17.2 Å². The van der Waals surface area contributed by atoms with Gasteiger partial charge in [0.1, 0.15) is 6.61 Å². The summed E-state index contributed by atoms with van der Waals surface area (Å²) in [5.41, 5.74) is 2.83. The summed E-state index contributed by atoms with van der Waals surface area (Å²) in [5, 5.41) is 3.45. The van der Waals surface area contributed by atoms with Crippen LogP contribution in [0.15, 0.2) is 54.9 Å². The third-order valence-corrected chi connectivity index (χ3v) is 5.02. The van der Waals surface area contributed by atoms with E-state index in [-0.39, 0.29) is 18.3 Å². The predicted octanol–water partition coefficient (Wildman–Crippen LogP) is 5.46. The number of ether oxygens (including phenoxy) is 1. The van der Waals surface area contributed by atoms with Gasteiger partial charge in [-0.1, -0.05) is 31.5 Å². The molecule has 1 aromatic carbocycles. The highest BCUT2D eigenvalue weighted by molar-refractivity contribution is 6.33. The third kappa shape index (κ3) is 4.35. The maximum Gasteiger partial charge on any atom is 0.259 e. The smallest absolute Gasteiger partial charge is 0.259 e. The summed E-state index contributed by atoms with van der Waals surface area (Å²) in [4.78, 5) is 23.7. The van der Waals surface area contributed by atoms with Crippen LogP contribution in [0.3, 0.4) is 0 Å². The molecule has 0 unspecified atom stereocenters. The molecule has 0 saturated carbocycles. The van der Waals surface area contributed by atoms with Crippen LogP contribution in [0.1, 0.15) is 35.8 Å². The number of para-hydroxylation sites is 1. The quantitative estimate of drug-likeness (QED) is 0.578. The van der Waals surface area contributed by atoms with Gasteiger partial charge in [0.2, 0.25) is 0 Å². The lowest BCUT2D eigenvalue weighted by Crippen LogP contribution is -2.30. The van der Waals surface area contributed by atoms with Gasteiger partial charge in [-0.15, -0.1) is 12.4 Å². The number of anilines is 3. The molecule has 0 aliphatic carbocycles. The molecule has 2 aromatic heterocycles. The molecule has 6 nitrogen and oxygen atoms in total. The Balaban J connectivity index is 0.00000256. The Labute approximate surface area is 186 Å². The Morgan fingerprint density at radius 2 is 2.00 bits per heavy atom. The fourth-order valence-corrected chi connectivity index (χ4v) is 3.47. The van der Waals surface area contributed by atoms with Crippen molar-refractivity contribution in [2.24, 2.45) is 0 Å². The van der Waals surface area contributed by atoms with E-state index in [1.807, 2.05) is 29.2 Å². The number of aromatic nitrogens is 2. The van der Waals surface area contributed by atoms with Crippen molar-refractivity contribution in [2.75, 3.05) is 23.4 Å². The molecule has 1 amide bonds. The van der Waals surface area contributed by atoms with E-state index in [9.17, 15) is 4.79 Å². The second kappa shape index (κ2) is 9.32. The molecule has 0 spiro atoms. The second-order valence-corrected chi connectivity index (χ2v) is 7.45. The Morgan fingerprint density at radius 3 is 2.70 bits per heavy atom. The SMILES string of the molecule is CC(C)c1ccc(NC(=O)c2cccc3c2OCCN3c2ncccc2Cl)cn1.Cl. The van der Waals surface area contributed by atoms with E-state index in [2.05, 4.69) is 29.1 Å². The highest BCUT2D eigenvalue weighted by atomic mass is 35.5. The Bertz CT molecular complexity index is 1040. The van der Waals surface area contributed by atoms with Crippen molar-refractivity contribution in [2.45, 2.75) is 19.8 Å². The summed E-state index contributed by atoms with van der Waals surface area (Å²) in [6.45, 7) is 5.17. The molecule has 30 heavy (non-hydrogen) atoms. The molecule has 0 bridgehead atoms. The van der Waals surface area contributed by atoms with Gasteiger partial charge in [0.05, 0.1) is 34.7 Å². The van der Waals surface area contributed by atoms with Crippen LogP contribution in [0, 0.1) is 0 Å². The van der Waals surface area contributed by atoms with Crippen molar-refractivity contribution >= 4 is 47.1 Å². The number of rotatable bonds is 4. The highest BCUT2D eigenvalue weighted by Crippen LogP contribution is 2.40. The summed E-state index contributed by atoms with van der Waals surface area (Å²) in [5.74, 6) is 1.24. The highest BCUT2D eigenvalue weighted by Gasteiger charge is 2.26. The third-order valence-electron chi connectivity index (χ3n) is 4.72. The van der Waals surface area contributed by atoms with Crippen LogP contribution in [0.5, 0.6) is 5.75 Å². The molecule has 1 aliphatic rings.